The maximum Gasteiger partial charge on any atom is 0.261 e. The first kappa shape index (κ1) is 19.3. The first-order valence-electron chi connectivity index (χ1n) is 9.52. The van der Waals surface area contributed by atoms with Crippen LogP contribution in [0.2, 0.25) is 5.04 Å². The first-order valence-corrected chi connectivity index (χ1v) is 11.4. The van der Waals surface area contributed by atoms with Crippen LogP contribution in [0, 0.1) is 0 Å². The van der Waals surface area contributed by atoms with E-state index < -0.39 is 8.32 Å². The summed E-state index contributed by atoms with van der Waals surface area (Å²) in [6.45, 7) is 11.2. The van der Waals surface area contributed by atoms with E-state index in [1.54, 1.807) is 0 Å². The van der Waals surface area contributed by atoms with E-state index in [4.69, 9.17) is 9.16 Å². The fraction of sp³-hybridized carbons (Fsp3) is 0.455. The van der Waals surface area contributed by atoms with Gasteiger partial charge in [-0.1, -0.05) is 81.4 Å². The molecule has 1 fully saturated rings. The normalized spacial score (nSPS) is 21.5. The maximum atomic E-state index is 6.95. The lowest BCUT2D eigenvalue weighted by atomic mass is 10.2. The fourth-order valence-corrected chi connectivity index (χ4v) is 8.58. The molecule has 0 radical (unpaired) electrons. The second-order valence-corrected chi connectivity index (χ2v) is 12.6. The minimum absolute atomic E-state index is 0.0108. The Hall–Kier alpha value is -1.46. The Morgan fingerprint density at radius 1 is 0.962 bits per heavy atom. The highest BCUT2D eigenvalue weighted by molar-refractivity contribution is 6.99. The Labute approximate surface area is 158 Å². The summed E-state index contributed by atoms with van der Waals surface area (Å²) in [5, 5.41) is 6.27. The minimum atomic E-state index is -2.45. The van der Waals surface area contributed by atoms with Gasteiger partial charge in [0.05, 0.1) is 25.9 Å². The van der Waals surface area contributed by atoms with Crippen molar-refractivity contribution in [3.8, 4) is 0 Å². The van der Waals surface area contributed by atoms with Crippen LogP contribution in [0.1, 0.15) is 27.7 Å². The highest BCUT2D eigenvalue weighted by atomic mass is 28.4. The van der Waals surface area contributed by atoms with Crippen molar-refractivity contribution in [2.75, 3.05) is 19.8 Å². The molecule has 3 rings (SSSR count). The Bertz CT molecular complexity index is 645. The third-order valence-corrected chi connectivity index (χ3v) is 10.1. The van der Waals surface area contributed by atoms with Crippen LogP contribution in [0.25, 0.3) is 0 Å². The van der Waals surface area contributed by atoms with Gasteiger partial charge in [0.1, 0.15) is 0 Å². The van der Waals surface area contributed by atoms with Gasteiger partial charge < -0.3 is 14.5 Å². The Kier molecular flexibility index (Phi) is 5.98. The topological polar surface area (TPSA) is 30.5 Å². The first-order chi connectivity index (χ1) is 12.4. The van der Waals surface area contributed by atoms with Gasteiger partial charge in [0.15, 0.2) is 0 Å². The molecule has 4 heteroatoms. The van der Waals surface area contributed by atoms with Crippen LogP contribution >= 0.6 is 0 Å². The van der Waals surface area contributed by atoms with Crippen molar-refractivity contribution in [1.82, 2.24) is 5.32 Å². The minimum Gasteiger partial charge on any atom is -0.406 e. The molecule has 0 amide bonds. The van der Waals surface area contributed by atoms with Crippen LogP contribution in [0.5, 0.6) is 0 Å². The molecule has 0 bridgehead atoms. The van der Waals surface area contributed by atoms with Crippen molar-refractivity contribution in [1.29, 1.82) is 0 Å². The van der Waals surface area contributed by atoms with Gasteiger partial charge in [-0.3, -0.25) is 0 Å². The highest BCUT2D eigenvalue weighted by Gasteiger charge is 2.50. The molecule has 140 valence electrons. The van der Waals surface area contributed by atoms with E-state index in [0.717, 1.165) is 6.61 Å². The number of hydrogen-bond acceptors (Lipinski definition) is 3. The Balaban J connectivity index is 2.00. The molecule has 2 aromatic rings. The van der Waals surface area contributed by atoms with Crippen molar-refractivity contribution in [2.24, 2.45) is 0 Å². The van der Waals surface area contributed by atoms with Crippen molar-refractivity contribution >= 4 is 18.7 Å². The van der Waals surface area contributed by atoms with E-state index in [2.05, 4.69) is 93.7 Å². The molecule has 0 saturated carbocycles. The molecule has 0 aliphatic carbocycles. The molecule has 2 aromatic carbocycles. The van der Waals surface area contributed by atoms with Gasteiger partial charge in [0, 0.05) is 6.04 Å². The van der Waals surface area contributed by atoms with Gasteiger partial charge in [0.25, 0.3) is 8.32 Å². The summed E-state index contributed by atoms with van der Waals surface area (Å²) in [4.78, 5) is 0. The van der Waals surface area contributed by atoms with E-state index in [9.17, 15) is 0 Å². The summed E-state index contributed by atoms with van der Waals surface area (Å²) in [6.07, 6.45) is 0. The van der Waals surface area contributed by atoms with E-state index >= 15 is 0 Å². The third kappa shape index (κ3) is 3.94. The third-order valence-electron chi connectivity index (χ3n) is 5.12. The Morgan fingerprint density at radius 2 is 1.50 bits per heavy atom. The molecule has 1 aliphatic heterocycles. The molecule has 0 aromatic heterocycles. The molecule has 0 unspecified atom stereocenters. The Morgan fingerprint density at radius 3 is 1.96 bits per heavy atom. The van der Waals surface area contributed by atoms with Crippen molar-refractivity contribution in [3.63, 3.8) is 0 Å². The molecule has 3 nitrogen and oxygen atoms in total. The number of hydrogen-bond donors (Lipinski definition) is 1. The number of ether oxygens (including phenoxy) is 1. The van der Waals surface area contributed by atoms with Crippen molar-refractivity contribution < 1.29 is 9.16 Å². The largest absolute Gasteiger partial charge is 0.406 e. The van der Waals surface area contributed by atoms with Crippen molar-refractivity contribution in [2.45, 2.75) is 44.8 Å². The summed E-state index contributed by atoms with van der Waals surface area (Å²) >= 11 is 0. The summed E-state index contributed by atoms with van der Waals surface area (Å²) in [6, 6.07) is 22.2. The van der Waals surface area contributed by atoms with Crippen LogP contribution in [0.4, 0.5) is 0 Å². The van der Waals surface area contributed by atoms with Gasteiger partial charge in [-0.15, -0.1) is 0 Å². The van der Waals surface area contributed by atoms with Gasteiger partial charge in [0.2, 0.25) is 0 Å². The lowest BCUT2D eigenvalue weighted by Crippen LogP contribution is -2.67. The molecule has 2 atom stereocenters. The van der Waals surface area contributed by atoms with Crippen LogP contribution < -0.4 is 15.7 Å². The molecule has 1 saturated heterocycles. The van der Waals surface area contributed by atoms with Crippen LogP contribution in [-0.2, 0) is 9.16 Å². The lowest BCUT2D eigenvalue weighted by molar-refractivity contribution is 0.0339. The van der Waals surface area contributed by atoms with Gasteiger partial charge in [-0.2, -0.15) is 0 Å². The summed E-state index contributed by atoms with van der Waals surface area (Å²) in [5.41, 5.74) is 0. The molecule has 26 heavy (non-hydrogen) atoms. The number of rotatable bonds is 5. The lowest BCUT2D eigenvalue weighted by Gasteiger charge is -2.44. The summed E-state index contributed by atoms with van der Waals surface area (Å²) < 4.78 is 12.7. The molecule has 1 heterocycles. The average molecular weight is 370 g/mol. The summed E-state index contributed by atoms with van der Waals surface area (Å²) in [7, 11) is -2.45. The summed E-state index contributed by atoms with van der Waals surface area (Å²) in [5.74, 6) is 0. The second kappa shape index (κ2) is 8.05. The van der Waals surface area contributed by atoms with E-state index in [1.165, 1.54) is 10.4 Å². The zero-order valence-corrected chi connectivity index (χ0v) is 17.4. The van der Waals surface area contributed by atoms with E-state index in [0.29, 0.717) is 19.3 Å². The molecule has 1 aliphatic rings. The van der Waals surface area contributed by atoms with E-state index in [-0.39, 0.29) is 11.1 Å². The van der Waals surface area contributed by atoms with E-state index in [1.807, 2.05) is 0 Å². The second-order valence-electron chi connectivity index (χ2n) is 8.28. The van der Waals surface area contributed by atoms with Crippen molar-refractivity contribution in [3.05, 3.63) is 60.7 Å². The van der Waals surface area contributed by atoms with Gasteiger partial charge in [-0.05, 0) is 22.3 Å². The monoisotopic (exact) mass is 369 g/mol. The van der Waals surface area contributed by atoms with Crippen LogP contribution in [0.3, 0.4) is 0 Å². The van der Waals surface area contributed by atoms with Crippen LogP contribution in [-0.4, -0.2) is 40.2 Å². The standard InChI is InChI=1S/C22H31NO2Si/c1-18-15-24-16-19(23-18)17-25-26(22(2,3)4,20-11-7-5-8-12-20)21-13-9-6-10-14-21/h5-14,18-19,23H,15-17H2,1-4H3/t18-,19-/m1/s1. The molecular weight excluding hydrogens is 338 g/mol. The quantitative estimate of drug-likeness (QED) is 0.822. The molecule has 1 N–H and O–H groups in total. The average Bonchev–Trinajstić information content (AvgIpc) is 2.63. The number of benzene rings is 2. The predicted octanol–water partition coefficient (Wildman–Crippen LogP) is 2.94. The zero-order valence-electron chi connectivity index (χ0n) is 16.4. The van der Waals surface area contributed by atoms with Gasteiger partial charge in [-0.25, -0.2) is 0 Å². The van der Waals surface area contributed by atoms with Gasteiger partial charge >= 0.3 is 0 Å². The maximum absolute atomic E-state index is 6.95. The number of nitrogens with one attached hydrogen (secondary N) is 1. The predicted molar refractivity (Wildman–Crippen MR) is 111 cm³/mol. The smallest absolute Gasteiger partial charge is 0.261 e. The number of morpholine rings is 1. The highest BCUT2D eigenvalue weighted by Crippen LogP contribution is 2.36. The fourth-order valence-electron chi connectivity index (χ4n) is 3.97. The molecule has 0 spiro atoms. The SMILES string of the molecule is C[C@@H]1COC[C@H](CO[Si](c2ccccc2)(c2ccccc2)C(C)(C)C)N1. The zero-order chi connectivity index (χ0) is 18.6. The molecular formula is C22H31NO2Si. The van der Waals surface area contributed by atoms with Crippen LogP contribution in [0.15, 0.2) is 60.7 Å².